The van der Waals surface area contributed by atoms with Gasteiger partial charge in [0.15, 0.2) is 0 Å². The lowest BCUT2D eigenvalue weighted by Crippen LogP contribution is -2.49. The minimum Gasteiger partial charge on any atom is -0.488 e. The third-order valence-electron chi connectivity index (χ3n) is 5.43. The number of nitrogens with zero attached hydrogens (tertiary/aromatic N) is 2. The summed E-state index contributed by atoms with van der Waals surface area (Å²) in [6.45, 7) is 7.89. The second-order valence-corrected chi connectivity index (χ2v) is 10.8. The number of benzene rings is 1. The molecule has 186 valence electrons. The maximum Gasteiger partial charge on any atom is 0.317 e. The largest absolute Gasteiger partial charge is 0.488 e. The number of carbonyl (C=O) groups excluding carboxylic acids is 2. The van der Waals surface area contributed by atoms with E-state index in [1.807, 2.05) is 20.8 Å². The van der Waals surface area contributed by atoms with Crippen LogP contribution in [0.4, 0.5) is 10.5 Å². The Labute approximate surface area is 196 Å². The molecule has 0 aliphatic carbocycles. The maximum absolute atomic E-state index is 13.1. The number of nitrogens with one attached hydrogen (secondary N) is 2. The molecule has 0 spiro atoms. The van der Waals surface area contributed by atoms with Crippen molar-refractivity contribution >= 4 is 27.6 Å². The molecule has 0 saturated heterocycles. The van der Waals surface area contributed by atoms with E-state index in [9.17, 15) is 23.1 Å². The molecule has 0 unspecified atom stereocenters. The molecule has 0 fully saturated rings. The average molecular weight is 485 g/mol. The number of fused-ring (bicyclic) bond motifs is 1. The topological polar surface area (TPSA) is 128 Å². The number of hydrogen-bond acceptors (Lipinski definition) is 6. The van der Waals surface area contributed by atoms with Gasteiger partial charge in [0.2, 0.25) is 15.9 Å². The van der Waals surface area contributed by atoms with E-state index in [0.717, 1.165) is 6.26 Å². The Morgan fingerprint density at radius 3 is 2.58 bits per heavy atom. The van der Waals surface area contributed by atoms with E-state index in [1.54, 1.807) is 42.0 Å². The van der Waals surface area contributed by atoms with Crippen LogP contribution in [0.3, 0.4) is 0 Å². The molecule has 0 radical (unpaired) electrons. The monoisotopic (exact) mass is 484 g/mol. The first-order chi connectivity index (χ1) is 15.3. The fourth-order valence-electron chi connectivity index (χ4n) is 3.63. The van der Waals surface area contributed by atoms with Crippen molar-refractivity contribution in [2.24, 2.45) is 5.92 Å². The zero-order chi connectivity index (χ0) is 24.9. The number of amides is 3. The highest BCUT2D eigenvalue weighted by molar-refractivity contribution is 7.92. The number of anilines is 1. The van der Waals surface area contributed by atoms with Crippen LogP contribution in [0, 0.1) is 5.92 Å². The van der Waals surface area contributed by atoms with E-state index in [1.165, 1.54) is 0 Å². The van der Waals surface area contributed by atoms with Gasteiger partial charge >= 0.3 is 6.03 Å². The number of ether oxygens (including phenoxy) is 1. The van der Waals surface area contributed by atoms with Crippen LogP contribution in [-0.2, 0) is 21.2 Å². The fraction of sp³-hybridized carbons (Fsp3) is 0.636. The summed E-state index contributed by atoms with van der Waals surface area (Å²) in [6.07, 6.45) is 0.596. The molecule has 11 heteroatoms. The van der Waals surface area contributed by atoms with Crippen LogP contribution in [-0.4, -0.2) is 86.4 Å². The Morgan fingerprint density at radius 2 is 2.00 bits per heavy atom. The zero-order valence-corrected chi connectivity index (χ0v) is 21.0. The Kier molecular flexibility index (Phi) is 8.96. The SMILES string of the molecule is CC(C)NC(=O)N(C)C[C@@H]1Oc2ccc(NS(C)(=O)=O)cc2CC(=O)N([C@H](C)CO)C[C@@H]1C. The molecule has 0 saturated carbocycles. The van der Waals surface area contributed by atoms with Crippen molar-refractivity contribution in [3.05, 3.63) is 23.8 Å². The normalized spacial score (nSPS) is 20.1. The Hall–Kier alpha value is -2.53. The Morgan fingerprint density at radius 1 is 1.33 bits per heavy atom. The van der Waals surface area contributed by atoms with Gasteiger partial charge in [-0.25, -0.2) is 13.2 Å². The molecule has 1 aromatic carbocycles. The van der Waals surface area contributed by atoms with E-state index < -0.39 is 22.2 Å². The summed E-state index contributed by atoms with van der Waals surface area (Å²) < 4.78 is 32.0. The van der Waals surface area contributed by atoms with E-state index >= 15 is 0 Å². The minimum absolute atomic E-state index is 0.0118. The van der Waals surface area contributed by atoms with Crippen molar-refractivity contribution in [3.8, 4) is 5.75 Å². The van der Waals surface area contributed by atoms with Gasteiger partial charge in [0.05, 0.1) is 31.9 Å². The molecule has 10 nitrogen and oxygen atoms in total. The van der Waals surface area contributed by atoms with Gasteiger partial charge in [0.25, 0.3) is 0 Å². The molecule has 1 aliphatic heterocycles. The predicted molar refractivity (Wildman–Crippen MR) is 127 cm³/mol. The second kappa shape index (κ2) is 11.1. The third kappa shape index (κ3) is 7.78. The van der Waals surface area contributed by atoms with Crippen LogP contribution < -0.4 is 14.8 Å². The van der Waals surface area contributed by atoms with Crippen LogP contribution in [0.1, 0.15) is 33.3 Å². The highest BCUT2D eigenvalue weighted by Gasteiger charge is 2.32. The quantitative estimate of drug-likeness (QED) is 0.535. The molecule has 0 aromatic heterocycles. The summed E-state index contributed by atoms with van der Waals surface area (Å²) >= 11 is 0. The first kappa shape index (κ1) is 26.7. The van der Waals surface area contributed by atoms with Gasteiger partial charge < -0.3 is 25.0 Å². The summed E-state index contributed by atoms with van der Waals surface area (Å²) in [5, 5.41) is 12.5. The number of likely N-dealkylation sites (N-methyl/N-ethyl adjacent to an activating group) is 1. The number of aliphatic hydroxyl groups excluding tert-OH is 1. The van der Waals surface area contributed by atoms with Crippen LogP contribution in [0.5, 0.6) is 5.75 Å². The first-order valence-electron chi connectivity index (χ1n) is 11.0. The standard InChI is InChI=1S/C22H36N4O6S/c1-14(2)23-22(29)25(5)12-20-15(3)11-26(16(4)13-27)21(28)10-17-9-18(24-33(6,30)31)7-8-19(17)32-20/h7-9,14-16,20,24,27H,10-13H2,1-6H3,(H,23,29)/t15-,16+,20-/m0/s1. The first-order valence-corrected chi connectivity index (χ1v) is 12.9. The van der Waals surface area contributed by atoms with Gasteiger partial charge in [-0.1, -0.05) is 6.92 Å². The van der Waals surface area contributed by atoms with Crippen molar-refractivity contribution in [3.63, 3.8) is 0 Å². The highest BCUT2D eigenvalue weighted by atomic mass is 32.2. The summed E-state index contributed by atoms with van der Waals surface area (Å²) in [6, 6.07) is 4.14. The average Bonchev–Trinajstić information content (AvgIpc) is 2.74. The number of carbonyl (C=O) groups is 2. The van der Waals surface area contributed by atoms with E-state index in [4.69, 9.17) is 4.74 Å². The van der Waals surface area contributed by atoms with Crippen LogP contribution >= 0.6 is 0 Å². The summed E-state index contributed by atoms with van der Waals surface area (Å²) in [5.74, 6) is 0.101. The predicted octanol–water partition coefficient (Wildman–Crippen LogP) is 1.26. The molecule has 1 heterocycles. The van der Waals surface area contributed by atoms with E-state index in [-0.39, 0.29) is 43.5 Å². The lowest BCUT2D eigenvalue weighted by molar-refractivity contribution is -0.134. The molecule has 3 N–H and O–H groups in total. The second-order valence-electron chi connectivity index (χ2n) is 9.07. The summed E-state index contributed by atoms with van der Waals surface area (Å²) in [7, 11) is -1.81. The molecule has 33 heavy (non-hydrogen) atoms. The lowest BCUT2D eigenvalue weighted by Gasteiger charge is -2.34. The smallest absolute Gasteiger partial charge is 0.317 e. The number of sulfonamides is 1. The van der Waals surface area contributed by atoms with Gasteiger partial charge in [-0.05, 0) is 39.0 Å². The molecule has 1 aliphatic rings. The molecule has 1 aromatic rings. The van der Waals surface area contributed by atoms with Crippen molar-refractivity contribution in [2.45, 2.75) is 52.3 Å². The maximum atomic E-state index is 13.1. The van der Waals surface area contributed by atoms with Gasteiger partial charge in [-0.15, -0.1) is 0 Å². The molecule has 0 bridgehead atoms. The Bertz CT molecular complexity index is 952. The van der Waals surface area contributed by atoms with E-state index in [0.29, 0.717) is 23.5 Å². The number of urea groups is 1. The van der Waals surface area contributed by atoms with E-state index in [2.05, 4.69) is 10.0 Å². The zero-order valence-electron chi connectivity index (χ0n) is 20.2. The lowest BCUT2D eigenvalue weighted by atomic mass is 10.0. The molecular formula is C22H36N4O6S. The van der Waals surface area contributed by atoms with Gasteiger partial charge in [-0.2, -0.15) is 0 Å². The molecule has 3 atom stereocenters. The highest BCUT2D eigenvalue weighted by Crippen LogP contribution is 2.29. The molecule has 3 amide bonds. The van der Waals surface area contributed by atoms with Crippen molar-refractivity contribution in [2.75, 3.05) is 37.7 Å². The third-order valence-corrected chi connectivity index (χ3v) is 6.04. The number of aliphatic hydroxyl groups is 1. The number of rotatable bonds is 7. The minimum atomic E-state index is -3.49. The van der Waals surface area contributed by atoms with Crippen LogP contribution in [0.15, 0.2) is 18.2 Å². The van der Waals surface area contributed by atoms with Crippen molar-refractivity contribution in [1.29, 1.82) is 0 Å². The van der Waals surface area contributed by atoms with Crippen molar-refractivity contribution in [1.82, 2.24) is 15.1 Å². The Balaban J connectivity index is 2.43. The van der Waals surface area contributed by atoms with Gasteiger partial charge in [-0.3, -0.25) is 9.52 Å². The number of hydrogen-bond donors (Lipinski definition) is 3. The van der Waals surface area contributed by atoms with Gasteiger partial charge in [0.1, 0.15) is 11.9 Å². The summed E-state index contributed by atoms with van der Waals surface area (Å²) in [4.78, 5) is 28.7. The molecule has 2 rings (SSSR count). The molecular weight excluding hydrogens is 448 g/mol. The van der Waals surface area contributed by atoms with Crippen molar-refractivity contribution < 1.29 is 27.9 Å². The van der Waals surface area contributed by atoms with Crippen LogP contribution in [0.25, 0.3) is 0 Å². The van der Waals surface area contributed by atoms with Gasteiger partial charge in [0, 0.05) is 36.8 Å². The fourth-order valence-corrected chi connectivity index (χ4v) is 4.19. The summed E-state index contributed by atoms with van der Waals surface area (Å²) in [5.41, 5.74) is 0.851. The van der Waals surface area contributed by atoms with Crippen LogP contribution in [0.2, 0.25) is 0 Å².